The molecule has 0 spiro atoms. The summed E-state index contributed by atoms with van der Waals surface area (Å²) in [7, 11) is 1.83. The number of likely N-dealkylation sites (tertiary alicyclic amines) is 1. The van der Waals surface area contributed by atoms with Crippen LogP contribution in [0.25, 0.3) is 5.76 Å². The summed E-state index contributed by atoms with van der Waals surface area (Å²) in [6.45, 7) is 17.2. The maximum absolute atomic E-state index is 8.98. The van der Waals surface area contributed by atoms with Crippen molar-refractivity contribution in [2.45, 2.75) is 77.0 Å². The van der Waals surface area contributed by atoms with Gasteiger partial charge in [0.25, 0.3) is 0 Å². The maximum atomic E-state index is 8.98. The van der Waals surface area contributed by atoms with Crippen LogP contribution in [0.5, 0.6) is 0 Å². The molecule has 0 saturated carbocycles. The van der Waals surface area contributed by atoms with Crippen molar-refractivity contribution in [3.8, 4) is 0 Å². The Morgan fingerprint density at radius 3 is 2.35 bits per heavy atom. The van der Waals surface area contributed by atoms with Crippen LogP contribution in [0.1, 0.15) is 82.9 Å². The number of hydrogen-bond donors (Lipinski definition) is 1. The summed E-state index contributed by atoms with van der Waals surface area (Å²) < 4.78 is 6.27. The van der Waals surface area contributed by atoms with Gasteiger partial charge in [0.2, 0.25) is 0 Å². The van der Waals surface area contributed by atoms with E-state index < -0.39 is 0 Å². The summed E-state index contributed by atoms with van der Waals surface area (Å²) in [6.07, 6.45) is 6.49. The van der Waals surface area contributed by atoms with Crippen LogP contribution in [-0.2, 0) is 15.6 Å². The molecule has 1 N–H and O–H groups in total. The fourth-order valence-electron chi connectivity index (χ4n) is 5.11. The Bertz CT molecular complexity index is 801. The number of benzene rings is 1. The summed E-state index contributed by atoms with van der Waals surface area (Å²) in [6, 6.07) is 6.75. The summed E-state index contributed by atoms with van der Waals surface area (Å²) in [5, 5.41) is 8.98. The van der Waals surface area contributed by atoms with E-state index in [4.69, 9.17) is 9.84 Å². The molecule has 31 heavy (non-hydrogen) atoms. The van der Waals surface area contributed by atoms with Gasteiger partial charge >= 0.3 is 0 Å². The number of fused-ring (bicyclic) bond motifs is 1. The zero-order chi connectivity index (χ0) is 22.6. The van der Waals surface area contributed by atoms with Crippen molar-refractivity contribution in [2.75, 3.05) is 33.3 Å². The van der Waals surface area contributed by atoms with E-state index >= 15 is 0 Å². The molecule has 0 unspecified atom stereocenters. The highest BCUT2D eigenvalue weighted by molar-refractivity contribution is 5.84. The molecule has 1 heterocycles. The first-order valence-electron chi connectivity index (χ1n) is 12.0. The minimum Gasteiger partial charge on any atom is -0.443 e. The summed E-state index contributed by atoms with van der Waals surface area (Å²) in [5.41, 5.74) is 4.33. The Hall–Kier alpha value is -1.65. The second-order valence-corrected chi connectivity index (χ2v) is 10.7. The van der Waals surface area contributed by atoms with Gasteiger partial charge in [-0.15, -0.1) is 0 Å². The summed E-state index contributed by atoms with van der Waals surface area (Å²) in [5.74, 6) is 1.87. The van der Waals surface area contributed by atoms with Crippen LogP contribution in [0.3, 0.4) is 0 Å². The molecule has 172 valence electrons. The van der Waals surface area contributed by atoms with Gasteiger partial charge in [-0.2, -0.15) is 0 Å². The van der Waals surface area contributed by atoms with Crippen LogP contribution < -0.4 is 0 Å². The molecule has 0 radical (unpaired) electrons. The second kappa shape index (κ2) is 9.87. The van der Waals surface area contributed by atoms with E-state index in [-0.39, 0.29) is 17.4 Å². The molecular weight excluding hydrogens is 384 g/mol. The number of ether oxygens (including phenoxy) is 1. The number of rotatable bonds is 7. The molecule has 2 aliphatic rings. The van der Waals surface area contributed by atoms with Gasteiger partial charge in [0.15, 0.2) is 5.90 Å². The lowest BCUT2D eigenvalue weighted by atomic mass is 9.63. The predicted octanol–water partition coefficient (Wildman–Crippen LogP) is 5.54. The number of hydrogen-bond acceptors (Lipinski definition) is 4. The third-order valence-electron chi connectivity index (χ3n) is 7.44. The topological polar surface area (TPSA) is 45.1 Å². The molecule has 3 rings (SSSR count). The van der Waals surface area contributed by atoms with Crippen molar-refractivity contribution in [1.82, 2.24) is 4.90 Å². The average Bonchev–Trinajstić information content (AvgIpc) is 2.76. The smallest absolute Gasteiger partial charge is 0.193 e. The molecule has 1 aromatic carbocycles. The van der Waals surface area contributed by atoms with Crippen molar-refractivity contribution in [3.63, 3.8) is 0 Å². The summed E-state index contributed by atoms with van der Waals surface area (Å²) in [4.78, 5) is 6.99. The lowest BCUT2D eigenvalue weighted by molar-refractivity contribution is 0.190. The maximum Gasteiger partial charge on any atom is 0.193 e. The molecular formula is C27H42N2O2. The first kappa shape index (κ1) is 24.0. The Kier molecular flexibility index (Phi) is 7.64. The monoisotopic (exact) mass is 426 g/mol. The zero-order valence-corrected chi connectivity index (χ0v) is 20.3. The van der Waals surface area contributed by atoms with Gasteiger partial charge in [-0.25, -0.2) is 0 Å². The summed E-state index contributed by atoms with van der Waals surface area (Å²) >= 11 is 0. The van der Waals surface area contributed by atoms with E-state index in [0.717, 1.165) is 56.8 Å². The number of nitrogens with zero attached hydrogens (tertiary/aromatic N) is 2. The minimum absolute atomic E-state index is 0.172. The third kappa shape index (κ3) is 5.59. The lowest BCUT2D eigenvalue weighted by Crippen LogP contribution is -2.37. The highest BCUT2D eigenvalue weighted by atomic mass is 16.5. The Morgan fingerprint density at radius 1 is 1.10 bits per heavy atom. The fourth-order valence-corrected chi connectivity index (χ4v) is 5.11. The highest BCUT2D eigenvalue weighted by Gasteiger charge is 2.37. The van der Waals surface area contributed by atoms with Crippen LogP contribution >= 0.6 is 0 Å². The van der Waals surface area contributed by atoms with Gasteiger partial charge in [0.1, 0.15) is 5.76 Å². The zero-order valence-electron chi connectivity index (χ0n) is 20.3. The van der Waals surface area contributed by atoms with E-state index in [2.05, 4.69) is 62.4 Å². The molecule has 1 aromatic rings. The number of piperidine rings is 1. The second-order valence-electron chi connectivity index (χ2n) is 10.7. The largest absolute Gasteiger partial charge is 0.443 e. The molecule has 1 aliphatic heterocycles. The first-order valence-corrected chi connectivity index (χ1v) is 12.0. The van der Waals surface area contributed by atoms with Crippen LogP contribution in [-0.4, -0.2) is 49.2 Å². The Labute approximate surface area is 189 Å². The van der Waals surface area contributed by atoms with Gasteiger partial charge in [-0.1, -0.05) is 46.4 Å². The number of aliphatic imine (C=N–C) groups is 1. The van der Waals surface area contributed by atoms with Crippen LogP contribution in [0, 0.1) is 5.92 Å². The predicted molar refractivity (Wildman–Crippen MR) is 131 cm³/mol. The Morgan fingerprint density at radius 2 is 1.74 bits per heavy atom. The van der Waals surface area contributed by atoms with Crippen molar-refractivity contribution < 1.29 is 9.84 Å². The van der Waals surface area contributed by atoms with Crippen LogP contribution in [0.15, 0.2) is 29.8 Å². The minimum atomic E-state index is 0.172. The number of unbranched alkanes of at least 4 members (excludes halogenated alkanes) is 1. The van der Waals surface area contributed by atoms with E-state index in [1.54, 1.807) is 0 Å². The van der Waals surface area contributed by atoms with Crippen LogP contribution in [0.4, 0.5) is 0 Å². The van der Waals surface area contributed by atoms with E-state index in [0.29, 0.717) is 11.7 Å². The third-order valence-corrected chi connectivity index (χ3v) is 7.44. The molecule has 1 aliphatic carbocycles. The van der Waals surface area contributed by atoms with Gasteiger partial charge in [0.05, 0.1) is 0 Å². The van der Waals surface area contributed by atoms with Crippen molar-refractivity contribution in [3.05, 3.63) is 41.5 Å². The van der Waals surface area contributed by atoms with Gasteiger partial charge < -0.3 is 14.7 Å². The van der Waals surface area contributed by atoms with E-state index in [1.165, 1.54) is 24.0 Å². The van der Waals surface area contributed by atoms with Crippen molar-refractivity contribution in [2.24, 2.45) is 10.9 Å². The van der Waals surface area contributed by atoms with Gasteiger partial charge in [0, 0.05) is 25.1 Å². The lowest BCUT2D eigenvalue weighted by Gasteiger charge is -2.42. The van der Waals surface area contributed by atoms with Crippen molar-refractivity contribution in [1.29, 1.82) is 0 Å². The van der Waals surface area contributed by atoms with Gasteiger partial charge in [-0.3, -0.25) is 4.99 Å². The molecule has 4 heteroatoms. The van der Waals surface area contributed by atoms with Crippen LogP contribution in [0.2, 0.25) is 0 Å². The number of aliphatic hydroxyl groups excluding tert-OH is 1. The SMILES string of the molecule is C=C(OC(=NC)C1CCN(CCCCO)CC1)c1ccc2c(c1)C(C)(C)CCC2(C)C. The standard InChI is InChI=1S/C27H42N2O2/c1-20(22-9-10-23-24(19-22)27(4,5)14-13-26(23,2)3)31-25(28-6)21-11-16-29(17-12-21)15-7-8-18-30/h9-10,19,21,30H,1,7-8,11-18H2,2-6H3. The molecule has 1 fully saturated rings. The molecule has 0 aromatic heterocycles. The highest BCUT2D eigenvalue weighted by Crippen LogP contribution is 2.46. The normalized spacial score (nSPS) is 21.5. The number of aliphatic hydroxyl groups is 1. The molecule has 0 amide bonds. The fraction of sp³-hybridized carbons (Fsp3) is 0.667. The Balaban J connectivity index is 1.66. The molecule has 0 atom stereocenters. The quantitative estimate of drug-likeness (QED) is 0.270. The first-order chi connectivity index (χ1) is 14.7. The molecule has 4 nitrogen and oxygen atoms in total. The average molecular weight is 427 g/mol. The van der Waals surface area contributed by atoms with Gasteiger partial charge in [-0.05, 0) is 86.2 Å². The molecule has 0 bridgehead atoms. The molecule has 1 saturated heterocycles. The van der Waals surface area contributed by atoms with Crippen molar-refractivity contribution >= 4 is 11.7 Å². The van der Waals surface area contributed by atoms with E-state index in [1.807, 2.05) is 7.05 Å². The van der Waals surface area contributed by atoms with E-state index in [9.17, 15) is 0 Å².